The number of hydrogen-bond donors (Lipinski definition) is 3. The fourth-order valence-corrected chi connectivity index (χ4v) is 2.05. The summed E-state index contributed by atoms with van der Waals surface area (Å²) in [6.07, 6.45) is 4.49. The number of allylic oxidation sites excluding steroid dienone is 1. The number of aliphatic hydroxyl groups excluding tert-OH is 1. The summed E-state index contributed by atoms with van der Waals surface area (Å²) in [7, 11) is 0. The number of nitrogens with zero attached hydrogens (tertiary/aromatic N) is 1. The Morgan fingerprint density at radius 2 is 2.00 bits per heavy atom. The summed E-state index contributed by atoms with van der Waals surface area (Å²) in [5.74, 6) is 0. The van der Waals surface area contributed by atoms with Gasteiger partial charge in [0.2, 0.25) is 0 Å². The Morgan fingerprint density at radius 3 is 2.50 bits per heavy atom. The Kier molecular flexibility index (Phi) is 6.29. The van der Waals surface area contributed by atoms with Gasteiger partial charge in [0, 0.05) is 19.1 Å². The van der Waals surface area contributed by atoms with Crippen LogP contribution in [0, 0.1) is 0 Å². The molecule has 4 nitrogen and oxygen atoms in total. The van der Waals surface area contributed by atoms with Crippen LogP contribution >= 0.6 is 0 Å². The van der Waals surface area contributed by atoms with Crippen molar-refractivity contribution in [3.05, 3.63) is 11.6 Å². The molecule has 1 saturated heterocycles. The average Bonchev–Trinajstić information content (AvgIpc) is 2.35. The van der Waals surface area contributed by atoms with E-state index in [1.54, 1.807) is 6.92 Å². The minimum absolute atomic E-state index is 0.195. The van der Waals surface area contributed by atoms with Gasteiger partial charge in [0.1, 0.15) is 0 Å². The molecule has 0 saturated carbocycles. The van der Waals surface area contributed by atoms with E-state index in [9.17, 15) is 5.11 Å². The van der Waals surface area contributed by atoms with E-state index in [0.29, 0.717) is 12.6 Å². The molecule has 0 amide bonds. The van der Waals surface area contributed by atoms with Crippen LogP contribution in [0.2, 0.25) is 0 Å². The summed E-state index contributed by atoms with van der Waals surface area (Å²) in [6, 6.07) is 0.464. The lowest BCUT2D eigenvalue weighted by Crippen LogP contribution is -2.48. The molecular weight excluding hydrogens is 228 g/mol. The second-order valence-corrected chi connectivity index (χ2v) is 5.89. The van der Waals surface area contributed by atoms with Gasteiger partial charge in [-0.2, -0.15) is 0 Å². The van der Waals surface area contributed by atoms with Crippen molar-refractivity contribution in [3.63, 3.8) is 0 Å². The highest BCUT2D eigenvalue weighted by Crippen LogP contribution is 2.11. The fraction of sp³-hybridized carbons (Fsp3) is 0.857. The maximum atomic E-state index is 9.72. The molecule has 3 N–H and O–H groups in total. The first kappa shape index (κ1) is 15.6. The highest BCUT2D eigenvalue weighted by molar-refractivity contribution is 4.95. The molecular formula is C14H28N2O2. The summed E-state index contributed by atoms with van der Waals surface area (Å²) >= 11 is 0. The van der Waals surface area contributed by atoms with Gasteiger partial charge >= 0.3 is 0 Å². The molecule has 106 valence electrons. The van der Waals surface area contributed by atoms with E-state index in [-0.39, 0.29) is 6.61 Å². The van der Waals surface area contributed by atoms with Crippen LogP contribution in [-0.2, 0) is 0 Å². The minimum atomic E-state index is -1.00. The van der Waals surface area contributed by atoms with Crippen LogP contribution in [0.3, 0.4) is 0 Å². The molecule has 0 radical (unpaired) electrons. The number of nitrogens with one attached hydrogen (secondary N) is 1. The molecule has 18 heavy (non-hydrogen) atoms. The van der Waals surface area contributed by atoms with Gasteiger partial charge in [-0.1, -0.05) is 11.6 Å². The van der Waals surface area contributed by atoms with E-state index >= 15 is 0 Å². The van der Waals surface area contributed by atoms with Gasteiger partial charge in [0.05, 0.1) is 12.2 Å². The van der Waals surface area contributed by atoms with Gasteiger partial charge in [0.25, 0.3) is 0 Å². The second kappa shape index (κ2) is 7.24. The maximum Gasteiger partial charge on any atom is 0.0972 e. The lowest BCUT2D eigenvalue weighted by Gasteiger charge is -2.33. The monoisotopic (exact) mass is 256 g/mol. The molecule has 1 heterocycles. The first-order chi connectivity index (χ1) is 8.43. The van der Waals surface area contributed by atoms with Gasteiger partial charge in [-0.05, 0) is 46.7 Å². The summed E-state index contributed by atoms with van der Waals surface area (Å²) in [5, 5.41) is 22.0. The van der Waals surface area contributed by atoms with Gasteiger partial charge in [-0.25, -0.2) is 0 Å². The summed E-state index contributed by atoms with van der Waals surface area (Å²) in [6.45, 7) is 9.43. The molecule has 0 aromatic rings. The third-order valence-electron chi connectivity index (χ3n) is 3.46. The fourth-order valence-electron chi connectivity index (χ4n) is 2.05. The van der Waals surface area contributed by atoms with Crippen molar-refractivity contribution in [2.24, 2.45) is 0 Å². The van der Waals surface area contributed by atoms with Crippen LogP contribution in [0.4, 0.5) is 0 Å². The number of piperidine rings is 1. The zero-order valence-electron chi connectivity index (χ0n) is 11.9. The lowest BCUT2D eigenvalue weighted by atomic mass is 10.0. The third kappa shape index (κ3) is 5.96. The van der Waals surface area contributed by atoms with Crippen molar-refractivity contribution in [2.45, 2.75) is 45.3 Å². The van der Waals surface area contributed by atoms with Crippen molar-refractivity contribution in [2.75, 3.05) is 32.8 Å². The highest BCUT2D eigenvalue weighted by atomic mass is 16.3. The number of aliphatic hydroxyl groups is 2. The predicted molar refractivity (Wildman–Crippen MR) is 74.6 cm³/mol. The van der Waals surface area contributed by atoms with Crippen LogP contribution in [0.25, 0.3) is 0 Å². The van der Waals surface area contributed by atoms with Gasteiger partial charge in [-0.15, -0.1) is 0 Å². The van der Waals surface area contributed by atoms with Crippen LogP contribution in [-0.4, -0.2) is 59.5 Å². The number of hydrogen-bond acceptors (Lipinski definition) is 4. The van der Waals surface area contributed by atoms with Crippen molar-refractivity contribution in [1.82, 2.24) is 10.2 Å². The van der Waals surface area contributed by atoms with Gasteiger partial charge < -0.3 is 15.5 Å². The Morgan fingerprint density at radius 1 is 1.39 bits per heavy atom. The summed E-state index contributed by atoms with van der Waals surface area (Å²) in [4.78, 5) is 2.45. The third-order valence-corrected chi connectivity index (χ3v) is 3.46. The van der Waals surface area contributed by atoms with E-state index in [2.05, 4.69) is 30.1 Å². The maximum absolute atomic E-state index is 9.72. The van der Waals surface area contributed by atoms with Crippen molar-refractivity contribution < 1.29 is 10.2 Å². The zero-order chi connectivity index (χ0) is 13.6. The Labute approximate surface area is 111 Å². The summed E-state index contributed by atoms with van der Waals surface area (Å²) in [5.41, 5.74) is 0.369. The van der Waals surface area contributed by atoms with Crippen LogP contribution < -0.4 is 5.32 Å². The smallest absolute Gasteiger partial charge is 0.0972 e. The standard InChI is InChI=1S/C14H28N2O2/c1-12(2)4-7-16-8-5-13(6-9-16)15-10-14(3,18)11-17/h4,13,15,17-18H,5-11H2,1-3H3. The lowest BCUT2D eigenvalue weighted by molar-refractivity contribution is -0.000819. The molecule has 1 rings (SSSR count). The highest BCUT2D eigenvalue weighted by Gasteiger charge is 2.23. The molecule has 1 atom stereocenters. The first-order valence-electron chi connectivity index (χ1n) is 6.85. The Bertz CT molecular complexity index is 265. The van der Waals surface area contributed by atoms with Crippen LogP contribution in [0.5, 0.6) is 0 Å². The van der Waals surface area contributed by atoms with E-state index < -0.39 is 5.60 Å². The van der Waals surface area contributed by atoms with E-state index in [4.69, 9.17) is 5.11 Å². The molecule has 0 aliphatic carbocycles. The molecule has 1 fully saturated rings. The second-order valence-electron chi connectivity index (χ2n) is 5.89. The van der Waals surface area contributed by atoms with Crippen LogP contribution in [0.1, 0.15) is 33.6 Å². The predicted octanol–water partition coefficient (Wildman–Crippen LogP) is 0.750. The van der Waals surface area contributed by atoms with Crippen molar-refractivity contribution in [1.29, 1.82) is 0 Å². The molecule has 0 aromatic carbocycles. The van der Waals surface area contributed by atoms with Crippen molar-refractivity contribution >= 4 is 0 Å². The topological polar surface area (TPSA) is 55.7 Å². The normalized spacial score (nSPS) is 21.6. The number of likely N-dealkylation sites (tertiary alicyclic amines) is 1. The van der Waals surface area contributed by atoms with E-state index in [1.807, 2.05) is 0 Å². The molecule has 0 aromatic heterocycles. The molecule has 1 unspecified atom stereocenters. The van der Waals surface area contributed by atoms with E-state index in [1.165, 1.54) is 5.57 Å². The molecule has 1 aliphatic rings. The Hall–Kier alpha value is -0.420. The first-order valence-corrected chi connectivity index (χ1v) is 6.85. The average molecular weight is 256 g/mol. The largest absolute Gasteiger partial charge is 0.393 e. The Balaban J connectivity index is 2.21. The van der Waals surface area contributed by atoms with E-state index in [0.717, 1.165) is 32.5 Å². The SMILES string of the molecule is CC(C)=CCN1CCC(NCC(C)(O)CO)CC1. The zero-order valence-corrected chi connectivity index (χ0v) is 11.9. The van der Waals surface area contributed by atoms with Gasteiger partial charge in [-0.3, -0.25) is 4.90 Å². The summed E-state index contributed by atoms with van der Waals surface area (Å²) < 4.78 is 0. The van der Waals surface area contributed by atoms with Crippen LogP contribution in [0.15, 0.2) is 11.6 Å². The quantitative estimate of drug-likeness (QED) is 0.614. The molecule has 4 heteroatoms. The van der Waals surface area contributed by atoms with Crippen molar-refractivity contribution in [3.8, 4) is 0 Å². The van der Waals surface area contributed by atoms with Gasteiger partial charge in [0.15, 0.2) is 0 Å². The molecule has 0 bridgehead atoms. The minimum Gasteiger partial charge on any atom is -0.393 e. The number of rotatable bonds is 6. The molecule has 0 spiro atoms. The molecule has 1 aliphatic heterocycles.